The van der Waals surface area contributed by atoms with Gasteiger partial charge in [0.15, 0.2) is 0 Å². The van der Waals surface area contributed by atoms with Crippen LogP contribution in [0.4, 0.5) is 0 Å². The molecule has 7 heteroatoms. The lowest BCUT2D eigenvalue weighted by Crippen LogP contribution is -2.33. The molecule has 0 saturated heterocycles. The molecule has 0 spiro atoms. The average molecular weight is 368 g/mol. The average Bonchev–Trinajstić information content (AvgIpc) is 2.58. The summed E-state index contributed by atoms with van der Waals surface area (Å²) in [4.78, 5) is 41.3. The maximum atomic E-state index is 13.0. The normalized spacial score (nSPS) is 11.3. The molecule has 4 rings (SSSR count). The Balaban J connectivity index is 2.18. The zero-order valence-corrected chi connectivity index (χ0v) is 14.8. The van der Waals surface area contributed by atoms with Crippen molar-refractivity contribution in [3.8, 4) is 5.69 Å². The Labute approximate surface area is 151 Å². The third kappa shape index (κ3) is 2.38. The van der Waals surface area contributed by atoms with Crippen LogP contribution in [0.15, 0.2) is 50.8 Å². The molecule has 2 aromatic carbocycles. The SMILES string of the molecule is Cc1ccc(-n2[nH]c(=O)c3[nH]c4cc(Cl)ccc4c(=O)c3c2=O)c(C)c1. The topological polar surface area (TPSA) is 87.7 Å². The molecule has 6 nitrogen and oxygen atoms in total. The smallest absolute Gasteiger partial charge is 0.287 e. The number of nitrogens with one attached hydrogen (secondary N) is 2. The number of nitrogens with zero attached hydrogens (tertiary/aromatic N) is 1. The van der Waals surface area contributed by atoms with Crippen LogP contribution < -0.4 is 16.5 Å². The molecule has 2 aromatic heterocycles. The zero-order chi connectivity index (χ0) is 18.6. The highest BCUT2D eigenvalue weighted by Gasteiger charge is 2.16. The fourth-order valence-electron chi connectivity index (χ4n) is 3.18. The van der Waals surface area contributed by atoms with Crippen molar-refractivity contribution in [2.24, 2.45) is 0 Å². The molecular weight excluding hydrogens is 354 g/mol. The van der Waals surface area contributed by atoms with Gasteiger partial charge in [-0.05, 0) is 43.7 Å². The van der Waals surface area contributed by atoms with E-state index in [-0.39, 0.29) is 10.9 Å². The number of hydrogen-bond acceptors (Lipinski definition) is 3. The minimum atomic E-state index is -0.579. The van der Waals surface area contributed by atoms with E-state index in [0.29, 0.717) is 21.6 Å². The van der Waals surface area contributed by atoms with Crippen molar-refractivity contribution < 1.29 is 0 Å². The Morgan fingerprint density at radius 2 is 1.77 bits per heavy atom. The monoisotopic (exact) mass is 367 g/mol. The first-order valence-electron chi connectivity index (χ1n) is 7.95. The molecule has 0 saturated carbocycles. The fraction of sp³-hybridized carbons (Fsp3) is 0.105. The molecule has 0 aliphatic heterocycles. The maximum Gasteiger partial charge on any atom is 0.287 e. The quantitative estimate of drug-likeness (QED) is 0.507. The van der Waals surface area contributed by atoms with Gasteiger partial charge in [-0.15, -0.1) is 0 Å². The second kappa shape index (κ2) is 5.71. The van der Waals surface area contributed by atoms with Gasteiger partial charge in [-0.1, -0.05) is 29.3 Å². The molecule has 0 fully saturated rings. The number of halogens is 1. The molecule has 0 aliphatic rings. The Morgan fingerprint density at radius 3 is 2.50 bits per heavy atom. The molecule has 130 valence electrons. The van der Waals surface area contributed by atoms with E-state index in [4.69, 9.17) is 11.6 Å². The second-order valence-electron chi connectivity index (χ2n) is 6.27. The van der Waals surface area contributed by atoms with Crippen LogP contribution in [0.3, 0.4) is 0 Å². The predicted octanol–water partition coefficient (Wildman–Crippen LogP) is 2.79. The van der Waals surface area contributed by atoms with Gasteiger partial charge in [0.2, 0.25) is 5.43 Å². The predicted molar refractivity (Wildman–Crippen MR) is 103 cm³/mol. The van der Waals surface area contributed by atoms with Crippen LogP contribution >= 0.6 is 11.6 Å². The molecule has 0 aliphatic carbocycles. The molecule has 2 heterocycles. The van der Waals surface area contributed by atoms with E-state index in [2.05, 4.69) is 10.1 Å². The summed E-state index contributed by atoms with van der Waals surface area (Å²) in [6.45, 7) is 3.77. The Bertz CT molecular complexity index is 1380. The zero-order valence-electron chi connectivity index (χ0n) is 14.0. The van der Waals surface area contributed by atoms with Crippen LogP contribution in [0.25, 0.3) is 27.5 Å². The molecule has 0 amide bonds. The van der Waals surface area contributed by atoms with Crippen molar-refractivity contribution in [3.63, 3.8) is 0 Å². The molecule has 4 aromatic rings. The van der Waals surface area contributed by atoms with Gasteiger partial charge in [0.25, 0.3) is 11.1 Å². The maximum absolute atomic E-state index is 13.0. The number of aromatic nitrogens is 3. The molecular formula is C19H14ClN3O3. The largest absolute Gasteiger partial charge is 0.350 e. The van der Waals surface area contributed by atoms with Crippen LogP contribution in [0.2, 0.25) is 5.02 Å². The van der Waals surface area contributed by atoms with Crippen molar-refractivity contribution in [1.82, 2.24) is 14.8 Å². The van der Waals surface area contributed by atoms with Crippen LogP contribution in [0.5, 0.6) is 0 Å². The molecule has 0 atom stereocenters. The van der Waals surface area contributed by atoms with Gasteiger partial charge in [-0.25, -0.2) is 4.68 Å². The lowest BCUT2D eigenvalue weighted by Gasteiger charge is -2.11. The van der Waals surface area contributed by atoms with E-state index in [1.165, 1.54) is 6.07 Å². The number of H-pyrrole nitrogens is 2. The Morgan fingerprint density at radius 1 is 1.00 bits per heavy atom. The van der Waals surface area contributed by atoms with E-state index < -0.39 is 16.5 Å². The number of rotatable bonds is 1. The standard InChI is InChI=1S/C19H14ClN3O3/c1-9-3-6-14(10(2)7-9)23-19(26)15-16(18(25)22-23)21-13-8-11(20)4-5-12(13)17(15)24/h3-8H,1-2H3,(H,21,24)(H,22,25). The fourth-order valence-corrected chi connectivity index (χ4v) is 3.36. The van der Waals surface area contributed by atoms with E-state index in [1.54, 1.807) is 18.2 Å². The first kappa shape index (κ1) is 16.4. The van der Waals surface area contributed by atoms with E-state index >= 15 is 0 Å². The molecule has 26 heavy (non-hydrogen) atoms. The summed E-state index contributed by atoms with van der Waals surface area (Å²) < 4.78 is 1.12. The number of aromatic amines is 2. The van der Waals surface area contributed by atoms with Crippen molar-refractivity contribution in [2.45, 2.75) is 13.8 Å². The summed E-state index contributed by atoms with van der Waals surface area (Å²) in [6.07, 6.45) is 0. The minimum absolute atomic E-state index is 0.0595. The lowest BCUT2D eigenvalue weighted by atomic mass is 10.1. The minimum Gasteiger partial charge on any atom is -0.350 e. The van der Waals surface area contributed by atoms with Crippen LogP contribution in [0, 0.1) is 13.8 Å². The van der Waals surface area contributed by atoms with Gasteiger partial charge in [0, 0.05) is 10.4 Å². The molecule has 2 N–H and O–H groups in total. The first-order chi connectivity index (χ1) is 12.4. The highest BCUT2D eigenvalue weighted by atomic mass is 35.5. The van der Waals surface area contributed by atoms with Gasteiger partial charge in [-0.3, -0.25) is 19.5 Å². The van der Waals surface area contributed by atoms with Crippen LogP contribution in [-0.2, 0) is 0 Å². The van der Waals surface area contributed by atoms with Crippen molar-refractivity contribution in [3.05, 3.63) is 83.5 Å². The number of hydrogen-bond donors (Lipinski definition) is 2. The number of benzene rings is 2. The van der Waals surface area contributed by atoms with E-state index in [1.807, 2.05) is 26.0 Å². The van der Waals surface area contributed by atoms with Gasteiger partial charge >= 0.3 is 0 Å². The van der Waals surface area contributed by atoms with E-state index in [0.717, 1.165) is 15.8 Å². The molecule has 0 bridgehead atoms. The highest BCUT2D eigenvalue weighted by molar-refractivity contribution is 6.31. The van der Waals surface area contributed by atoms with Gasteiger partial charge in [0.05, 0.1) is 11.2 Å². The van der Waals surface area contributed by atoms with E-state index in [9.17, 15) is 14.4 Å². The van der Waals surface area contributed by atoms with Gasteiger partial charge in [0.1, 0.15) is 10.9 Å². The summed E-state index contributed by atoms with van der Waals surface area (Å²) >= 11 is 5.95. The van der Waals surface area contributed by atoms with Crippen LogP contribution in [-0.4, -0.2) is 14.8 Å². The summed E-state index contributed by atoms with van der Waals surface area (Å²) in [5, 5.41) is 3.10. The lowest BCUT2D eigenvalue weighted by molar-refractivity contribution is 0.793. The number of fused-ring (bicyclic) bond motifs is 2. The summed E-state index contributed by atoms with van der Waals surface area (Å²) in [5.41, 5.74) is 1.08. The third-order valence-electron chi connectivity index (χ3n) is 4.41. The third-order valence-corrected chi connectivity index (χ3v) is 4.65. The van der Waals surface area contributed by atoms with Crippen molar-refractivity contribution >= 4 is 33.4 Å². The number of pyridine rings is 1. The summed E-state index contributed by atoms with van der Waals surface area (Å²) in [5.74, 6) is 0. The second-order valence-corrected chi connectivity index (χ2v) is 6.70. The first-order valence-corrected chi connectivity index (χ1v) is 8.33. The summed E-state index contributed by atoms with van der Waals surface area (Å²) in [6, 6.07) is 10.1. The van der Waals surface area contributed by atoms with Crippen LogP contribution in [0.1, 0.15) is 11.1 Å². The van der Waals surface area contributed by atoms with Gasteiger partial charge in [-0.2, -0.15) is 0 Å². The van der Waals surface area contributed by atoms with Gasteiger partial charge < -0.3 is 4.98 Å². The Kier molecular flexibility index (Phi) is 3.59. The van der Waals surface area contributed by atoms with Crippen molar-refractivity contribution in [2.75, 3.05) is 0 Å². The molecule has 0 unspecified atom stereocenters. The Hall–Kier alpha value is -3.12. The molecule has 0 radical (unpaired) electrons. The van der Waals surface area contributed by atoms with Crippen molar-refractivity contribution in [1.29, 1.82) is 0 Å². The summed E-state index contributed by atoms with van der Waals surface area (Å²) in [7, 11) is 0. The highest BCUT2D eigenvalue weighted by Crippen LogP contribution is 2.17. The number of aryl methyl sites for hydroxylation is 2.